The summed E-state index contributed by atoms with van der Waals surface area (Å²) in [4.78, 5) is 37.5. The molecular formula is C27H28FN3O6. The molecule has 0 aromatic heterocycles. The van der Waals surface area contributed by atoms with Crippen molar-refractivity contribution in [2.24, 2.45) is 0 Å². The van der Waals surface area contributed by atoms with Crippen LogP contribution in [0.15, 0.2) is 72.8 Å². The Bertz CT molecular complexity index is 1200. The number of nitrogens with two attached hydrogens (primary N) is 1. The number of methoxy groups -OCH3 is 1. The number of ether oxygens (including phenoxy) is 2. The summed E-state index contributed by atoms with van der Waals surface area (Å²) in [5.74, 6) is -1.79. The zero-order valence-electron chi connectivity index (χ0n) is 20.1. The lowest BCUT2D eigenvalue weighted by Gasteiger charge is -2.22. The molecule has 0 radical (unpaired) electrons. The van der Waals surface area contributed by atoms with Gasteiger partial charge in [0.1, 0.15) is 30.3 Å². The molecule has 0 aliphatic rings. The van der Waals surface area contributed by atoms with Crippen molar-refractivity contribution < 1.29 is 33.4 Å². The van der Waals surface area contributed by atoms with Crippen LogP contribution in [-0.4, -0.2) is 42.3 Å². The maximum absolute atomic E-state index is 13.2. The fraction of sp³-hybridized carbons (Fsp3) is 0.222. The minimum absolute atomic E-state index is 0.0473. The van der Waals surface area contributed by atoms with E-state index in [1.165, 1.54) is 24.3 Å². The third-order valence-electron chi connectivity index (χ3n) is 5.52. The summed E-state index contributed by atoms with van der Waals surface area (Å²) in [6.45, 7) is -0.0473. The number of nitrogens with one attached hydrogen (secondary N) is 2. The number of hydrogen-bond acceptors (Lipinski definition) is 6. The van der Waals surface area contributed by atoms with Crippen molar-refractivity contribution in [2.75, 3.05) is 12.8 Å². The summed E-state index contributed by atoms with van der Waals surface area (Å²) in [5, 5.41) is 14.6. The predicted octanol–water partition coefficient (Wildman–Crippen LogP) is 3.07. The van der Waals surface area contributed by atoms with Crippen LogP contribution >= 0.6 is 0 Å². The molecule has 0 heterocycles. The smallest absolute Gasteiger partial charge is 0.408 e. The lowest BCUT2D eigenvalue weighted by molar-refractivity contribution is -0.142. The Hall–Kier alpha value is -4.60. The zero-order chi connectivity index (χ0) is 26.8. The lowest BCUT2D eigenvalue weighted by Crippen LogP contribution is -2.53. The van der Waals surface area contributed by atoms with Crippen LogP contribution < -0.4 is 21.1 Å². The first kappa shape index (κ1) is 27.0. The largest absolute Gasteiger partial charge is 0.497 e. The maximum atomic E-state index is 13.2. The van der Waals surface area contributed by atoms with E-state index < -0.39 is 35.9 Å². The fourth-order valence-corrected chi connectivity index (χ4v) is 3.48. The molecule has 0 fully saturated rings. The molecule has 0 aliphatic carbocycles. The number of amides is 2. The Morgan fingerprint density at radius 3 is 1.95 bits per heavy atom. The second-order valence-corrected chi connectivity index (χ2v) is 8.30. The van der Waals surface area contributed by atoms with Gasteiger partial charge >= 0.3 is 12.1 Å². The number of rotatable bonds is 11. The van der Waals surface area contributed by atoms with Crippen molar-refractivity contribution in [3.63, 3.8) is 0 Å². The minimum atomic E-state index is -1.30. The van der Waals surface area contributed by atoms with E-state index in [-0.39, 0.29) is 19.4 Å². The molecule has 9 nitrogen and oxygen atoms in total. The first-order valence-corrected chi connectivity index (χ1v) is 11.4. The number of aliphatic carboxylic acids is 1. The zero-order valence-corrected chi connectivity index (χ0v) is 20.1. The summed E-state index contributed by atoms with van der Waals surface area (Å²) in [6, 6.07) is 16.5. The summed E-state index contributed by atoms with van der Waals surface area (Å²) in [7, 11) is 1.54. The van der Waals surface area contributed by atoms with E-state index in [1.54, 1.807) is 55.6 Å². The first-order chi connectivity index (χ1) is 17.7. The van der Waals surface area contributed by atoms with Gasteiger partial charge < -0.3 is 30.9 Å². The van der Waals surface area contributed by atoms with E-state index in [0.29, 0.717) is 28.1 Å². The molecule has 0 saturated carbocycles. The van der Waals surface area contributed by atoms with E-state index in [1.807, 2.05) is 0 Å². The van der Waals surface area contributed by atoms with E-state index >= 15 is 0 Å². The van der Waals surface area contributed by atoms with Gasteiger partial charge in [-0.2, -0.15) is 0 Å². The molecule has 3 aromatic rings. The van der Waals surface area contributed by atoms with Gasteiger partial charge in [-0.3, -0.25) is 4.79 Å². The molecule has 3 rings (SSSR count). The van der Waals surface area contributed by atoms with E-state index in [0.717, 1.165) is 0 Å². The molecule has 2 atom stereocenters. The molecule has 2 unspecified atom stereocenters. The Balaban J connectivity index is 1.69. The van der Waals surface area contributed by atoms with Gasteiger partial charge in [0.2, 0.25) is 5.91 Å². The van der Waals surface area contributed by atoms with Crippen molar-refractivity contribution in [3.8, 4) is 5.75 Å². The summed E-state index contributed by atoms with van der Waals surface area (Å²) < 4.78 is 23.6. The van der Waals surface area contributed by atoms with Crippen molar-refractivity contribution in [1.82, 2.24) is 10.6 Å². The second kappa shape index (κ2) is 12.9. The number of halogens is 1. The average Bonchev–Trinajstić information content (AvgIpc) is 2.89. The SMILES string of the molecule is COc1ccc(COC(=O)NC(Cc2ccc(N)cc2)C(=O)NC(Cc2ccc(F)cc2)C(=O)O)cc1. The highest BCUT2D eigenvalue weighted by Gasteiger charge is 2.27. The van der Waals surface area contributed by atoms with Crippen LogP contribution in [-0.2, 0) is 33.8 Å². The Morgan fingerprint density at radius 1 is 0.838 bits per heavy atom. The molecule has 3 aromatic carbocycles. The maximum Gasteiger partial charge on any atom is 0.408 e. The highest BCUT2D eigenvalue weighted by Crippen LogP contribution is 2.13. The summed E-state index contributed by atoms with van der Waals surface area (Å²) in [6.07, 6.45) is -0.860. The first-order valence-electron chi connectivity index (χ1n) is 11.4. The van der Waals surface area contributed by atoms with Crippen LogP contribution in [0.5, 0.6) is 5.75 Å². The number of nitrogen functional groups attached to an aromatic ring is 1. The van der Waals surface area contributed by atoms with E-state index in [9.17, 15) is 23.9 Å². The second-order valence-electron chi connectivity index (χ2n) is 8.30. The van der Waals surface area contributed by atoms with E-state index in [4.69, 9.17) is 15.2 Å². The molecule has 2 amide bonds. The number of hydrogen-bond donors (Lipinski definition) is 4. The molecule has 0 bridgehead atoms. The molecule has 37 heavy (non-hydrogen) atoms. The number of carboxylic acids is 1. The normalized spacial score (nSPS) is 12.2. The highest BCUT2D eigenvalue weighted by molar-refractivity contribution is 5.89. The number of carbonyl (C=O) groups excluding carboxylic acids is 2. The number of carboxylic acid groups (broad SMARTS) is 1. The summed E-state index contributed by atoms with van der Waals surface area (Å²) >= 11 is 0. The van der Waals surface area contributed by atoms with E-state index in [2.05, 4.69) is 10.6 Å². The van der Waals surface area contributed by atoms with Crippen molar-refractivity contribution in [3.05, 3.63) is 95.3 Å². The van der Waals surface area contributed by atoms with Gasteiger partial charge in [-0.1, -0.05) is 36.4 Å². The lowest BCUT2D eigenvalue weighted by atomic mass is 10.0. The summed E-state index contributed by atoms with van der Waals surface area (Å²) in [5.41, 5.74) is 8.18. The molecule has 0 aliphatic heterocycles. The minimum Gasteiger partial charge on any atom is -0.497 e. The average molecular weight is 510 g/mol. The Labute approximate surface area is 213 Å². The molecule has 0 saturated heterocycles. The van der Waals surface area contributed by atoms with Gasteiger partial charge in [0.05, 0.1) is 7.11 Å². The van der Waals surface area contributed by atoms with Crippen molar-refractivity contribution in [2.45, 2.75) is 31.5 Å². The molecule has 10 heteroatoms. The van der Waals surface area contributed by atoms with Gasteiger partial charge in [0.15, 0.2) is 0 Å². The van der Waals surface area contributed by atoms with Crippen LogP contribution in [0.4, 0.5) is 14.9 Å². The molecule has 5 N–H and O–H groups in total. The van der Waals surface area contributed by atoms with Crippen LogP contribution in [0.3, 0.4) is 0 Å². The van der Waals surface area contributed by atoms with Gasteiger partial charge in [0.25, 0.3) is 0 Å². The Kier molecular flexibility index (Phi) is 9.42. The van der Waals surface area contributed by atoms with Crippen LogP contribution in [0.2, 0.25) is 0 Å². The van der Waals surface area contributed by atoms with Gasteiger partial charge in [-0.15, -0.1) is 0 Å². The monoisotopic (exact) mass is 509 g/mol. The third kappa shape index (κ3) is 8.53. The van der Waals surface area contributed by atoms with Crippen LogP contribution in [0.25, 0.3) is 0 Å². The van der Waals surface area contributed by atoms with Crippen LogP contribution in [0, 0.1) is 5.82 Å². The van der Waals surface area contributed by atoms with Crippen molar-refractivity contribution in [1.29, 1.82) is 0 Å². The van der Waals surface area contributed by atoms with Gasteiger partial charge in [-0.05, 0) is 53.1 Å². The highest BCUT2D eigenvalue weighted by atomic mass is 19.1. The van der Waals surface area contributed by atoms with Crippen LogP contribution in [0.1, 0.15) is 16.7 Å². The third-order valence-corrected chi connectivity index (χ3v) is 5.52. The van der Waals surface area contributed by atoms with Crippen molar-refractivity contribution >= 4 is 23.7 Å². The number of carbonyl (C=O) groups is 3. The van der Waals surface area contributed by atoms with Gasteiger partial charge in [0, 0.05) is 18.5 Å². The topological polar surface area (TPSA) is 140 Å². The molecule has 0 spiro atoms. The Morgan fingerprint density at radius 2 is 1.38 bits per heavy atom. The predicted molar refractivity (Wildman–Crippen MR) is 134 cm³/mol. The molecular weight excluding hydrogens is 481 g/mol. The standard InChI is InChI=1S/C27H28FN3O6/c1-36-22-12-6-19(7-13-22)16-37-27(35)31-23(14-18-4-10-21(29)11-5-18)25(32)30-24(26(33)34)15-17-2-8-20(28)9-3-17/h2-13,23-24H,14-16,29H2,1H3,(H,30,32)(H,31,35)(H,33,34). The molecule has 194 valence electrons. The number of anilines is 1. The number of benzene rings is 3. The van der Waals surface area contributed by atoms with Gasteiger partial charge in [-0.25, -0.2) is 14.0 Å². The fourth-order valence-electron chi connectivity index (χ4n) is 3.48. The quantitative estimate of drug-likeness (QED) is 0.291. The number of alkyl carbamates (subject to hydrolysis) is 1.